The molecule has 1 unspecified atom stereocenters. The maximum atomic E-state index is 11.6. The number of rotatable bonds is 5. The minimum absolute atomic E-state index is 0.0563. The summed E-state index contributed by atoms with van der Waals surface area (Å²) < 4.78 is 0. The number of aromatic nitrogens is 2. The van der Waals surface area contributed by atoms with E-state index in [-0.39, 0.29) is 11.9 Å². The molecule has 0 aliphatic carbocycles. The molecule has 1 heterocycles. The van der Waals surface area contributed by atoms with Crippen molar-refractivity contribution in [3.8, 4) is 0 Å². The Bertz CT molecular complexity index is 377. The molecule has 1 aromatic rings. The lowest BCUT2D eigenvalue weighted by Gasteiger charge is -2.14. The third-order valence-corrected chi connectivity index (χ3v) is 2.31. The van der Waals surface area contributed by atoms with E-state index in [9.17, 15) is 4.79 Å². The first-order valence-corrected chi connectivity index (χ1v) is 5.96. The number of amides is 1. The van der Waals surface area contributed by atoms with Gasteiger partial charge in [-0.25, -0.2) is 9.97 Å². The van der Waals surface area contributed by atoms with Crippen LogP contribution in [0.4, 0.5) is 5.82 Å². The van der Waals surface area contributed by atoms with Crippen molar-refractivity contribution < 1.29 is 4.79 Å². The molecular formula is C11H17ClN4O. The summed E-state index contributed by atoms with van der Waals surface area (Å²) in [6.45, 7) is 6.20. The molecule has 0 saturated carbocycles. The molecule has 6 heteroatoms. The number of halogens is 1. The molecular weight excluding hydrogens is 240 g/mol. The Morgan fingerprint density at radius 2 is 2.24 bits per heavy atom. The molecule has 1 rings (SSSR count). The molecule has 0 spiro atoms. The Balaban J connectivity index is 2.60. The molecule has 0 saturated heterocycles. The Morgan fingerprint density at radius 3 is 2.82 bits per heavy atom. The zero-order valence-electron chi connectivity index (χ0n) is 10.2. The average Bonchev–Trinajstić information content (AvgIpc) is 2.24. The number of hydrogen-bond donors (Lipinski definition) is 2. The maximum absolute atomic E-state index is 11.6. The first-order chi connectivity index (χ1) is 8.02. The quantitative estimate of drug-likeness (QED) is 0.788. The second-order valence-corrected chi connectivity index (χ2v) is 4.17. The maximum Gasteiger partial charge on any atom is 0.242 e. The summed E-state index contributed by atoms with van der Waals surface area (Å²) in [5, 5.41) is 6.15. The molecule has 17 heavy (non-hydrogen) atoms. The van der Waals surface area contributed by atoms with Crippen LogP contribution in [0.25, 0.3) is 0 Å². The zero-order chi connectivity index (χ0) is 12.8. The summed E-state index contributed by atoms with van der Waals surface area (Å²) in [5.74, 6) is 1.07. The van der Waals surface area contributed by atoms with E-state index in [1.165, 1.54) is 0 Å². The summed E-state index contributed by atoms with van der Waals surface area (Å²) in [5.41, 5.74) is 0. The predicted octanol–water partition coefficient (Wildman–Crippen LogP) is 1.77. The summed E-state index contributed by atoms with van der Waals surface area (Å²) in [4.78, 5) is 19.7. The van der Waals surface area contributed by atoms with Crippen molar-refractivity contribution in [1.82, 2.24) is 15.3 Å². The normalized spacial score (nSPS) is 12.0. The van der Waals surface area contributed by atoms with E-state index in [1.54, 1.807) is 19.9 Å². The Kier molecular flexibility index (Phi) is 5.15. The van der Waals surface area contributed by atoms with E-state index in [1.807, 2.05) is 6.92 Å². The first kappa shape index (κ1) is 13.7. The fourth-order valence-corrected chi connectivity index (χ4v) is 1.52. The van der Waals surface area contributed by atoms with Crippen molar-refractivity contribution in [3.05, 3.63) is 17.0 Å². The van der Waals surface area contributed by atoms with E-state index in [0.29, 0.717) is 23.3 Å². The van der Waals surface area contributed by atoms with Crippen LogP contribution in [0.3, 0.4) is 0 Å². The van der Waals surface area contributed by atoms with Gasteiger partial charge in [0.2, 0.25) is 5.91 Å². The highest BCUT2D eigenvalue weighted by molar-refractivity contribution is 6.29. The molecule has 0 fully saturated rings. The van der Waals surface area contributed by atoms with Gasteiger partial charge in [-0.15, -0.1) is 0 Å². The monoisotopic (exact) mass is 256 g/mol. The second kappa shape index (κ2) is 6.39. The van der Waals surface area contributed by atoms with Gasteiger partial charge in [-0.2, -0.15) is 0 Å². The van der Waals surface area contributed by atoms with E-state index >= 15 is 0 Å². The van der Waals surface area contributed by atoms with Crippen molar-refractivity contribution in [1.29, 1.82) is 0 Å². The fraction of sp³-hybridized carbons (Fsp3) is 0.545. The minimum Gasteiger partial charge on any atom is -0.358 e. The molecule has 5 nitrogen and oxygen atoms in total. The summed E-state index contributed by atoms with van der Waals surface area (Å²) >= 11 is 5.81. The number of aryl methyl sites for hydroxylation is 1. The lowest BCUT2D eigenvalue weighted by Crippen LogP contribution is -2.38. The van der Waals surface area contributed by atoms with Crippen LogP contribution in [0, 0.1) is 6.92 Å². The highest BCUT2D eigenvalue weighted by atomic mass is 35.5. The highest BCUT2D eigenvalue weighted by Gasteiger charge is 2.12. The van der Waals surface area contributed by atoms with Gasteiger partial charge in [0.25, 0.3) is 0 Å². The molecule has 1 aromatic heterocycles. The van der Waals surface area contributed by atoms with Crippen LogP contribution in [0.1, 0.15) is 26.1 Å². The van der Waals surface area contributed by atoms with Crippen LogP contribution in [0.2, 0.25) is 5.15 Å². The number of carbonyl (C=O) groups is 1. The number of anilines is 1. The van der Waals surface area contributed by atoms with Gasteiger partial charge in [0, 0.05) is 12.6 Å². The van der Waals surface area contributed by atoms with Gasteiger partial charge in [0.1, 0.15) is 22.8 Å². The van der Waals surface area contributed by atoms with Crippen LogP contribution >= 0.6 is 11.6 Å². The van der Waals surface area contributed by atoms with Crippen molar-refractivity contribution in [2.75, 3.05) is 11.9 Å². The predicted molar refractivity (Wildman–Crippen MR) is 68.2 cm³/mol. The standard InChI is InChI=1S/C11H17ClN4O/c1-4-5-13-11(17)7(2)14-10-6-9(12)15-8(3)16-10/h6-7H,4-5H2,1-3H3,(H,13,17)(H,14,15,16). The van der Waals surface area contributed by atoms with Crippen LogP contribution in [0.5, 0.6) is 0 Å². The third-order valence-electron chi connectivity index (χ3n) is 2.11. The number of carbonyl (C=O) groups excluding carboxylic acids is 1. The molecule has 1 atom stereocenters. The van der Waals surface area contributed by atoms with Gasteiger partial charge >= 0.3 is 0 Å². The van der Waals surface area contributed by atoms with Crippen LogP contribution < -0.4 is 10.6 Å². The minimum atomic E-state index is -0.355. The smallest absolute Gasteiger partial charge is 0.242 e. The van der Waals surface area contributed by atoms with E-state index in [2.05, 4.69) is 20.6 Å². The Morgan fingerprint density at radius 1 is 1.53 bits per heavy atom. The van der Waals surface area contributed by atoms with E-state index in [0.717, 1.165) is 6.42 Å². The fourth-order valence-electron chi connectivity index (χ4n) is 1.29. The van der Waals surface area contributed by atoms with E-state index in [4.69, 9.17) is 11.6 Å². The Labute approximate surface area is 106 Å². The highest BCUT2D eigenvalue weighted by Crippen LogP contribution is 2.11. The zero-order valence-corrected chi connectivity index (χ0v) is 11.0. The van der Waals surface area contributed by atoms with Gasteiger partial charge in [-0.1, -0.05) is 18.5 Å². The molecule has 0 radical (unpaired) electrons. The molecule has 2 N–H and O–H groups in total. The van der Waals surface area contributed by atoms with Gasteiger partial charge in [-0.3, -0.25) is 4.79 Å². The number of nitrogens with zero attached hydrogens (tertiary/aromatic N) is 2. The van der Waals surface area contributed by atoms with Crippen LogP contribution in [0.15, 0.2) is 6.07 Å². The van der Waals surface area contributed by atoms with Crippen molar-refractivity contribution in [2.45, 2.75) is 33.2 Å². The van der Waals surface area contributed by atoms with Crippen molar-refractivity contribution in [3.63, 3.8) is 0 Å². The summed E-state index contributed by atoms with van der Waals surface area (Å²) in [7, 11) is 0. The second-order valence-electron chi connectivity index (χ2n) is 3.78. The van der Waals surface area contributed by atoms with Crippen LogP contribution in [-0.4, -0.2) is 28.5 Å². The molecule has 0 aliphatic rings. The topological polar surface area (TPSA) is 66.9 Å². The largest absolute Gasteiger partial charge is 0.358 e. The molecule has 94 valence electrons. The summed E-state index contributed by atoms with van der Waals surface area (Å²) in [6, 6.07) is 1.24. The van der Waals surface area contributed by atoms with E-state index < -0.39 is 0 Å². The van der Waals surface area contributed by atoms with Gasteiger partial charge in [0.05, 0.1) is 0 Å². The Hall–Kier alpha value is -1.36. The number of nitrogens with one attached hydrogen (secondary N) is 2. The van der Waals surface area contributed by atoms with Gasteiger partial charge in [-0.05, 0) is 20.3 Å². The summed E-state index contributed by atoms with van der Waals surface area (Å²) in [6.07, 6.45) is 0.914. The number of hydrogen-bond acceptors (Lipinski definition) is 4. The lowest BCUT2D eigenvalue weighted by molar-refractivity contribution is -0.121. The molecule has 0 aromatic carbocycles. The third kappa shape index (κ3) is 4.56. The van der Waals surface area contributed by atoms with Gasteiger partial charge in [0.15, 0.2) is 0 Å². The van der Waals surface area contributed by atoms with Crippen molar-refractivity contribution in [2.24, 2.45) is 0 Å². The first-order valence-electron chi connectivity index (χ1n) is 5.58. The molecule has 0 bridgehead atoms. The molecule has 1 amide bonds. The average molecular weight is 257 g/mol. The van der Waals surface area contributed by atoms with Crippen molar-refractivity contribution >= 4 is 23.3 Å². The SMILES string of the molecule is CCCNC(=O)C(C)Nc1cc(Cl)nc(C)n1. The van der Waals surface area contributed by atoms with Gasteiger partial charge < -0.3 is 10.6 Å². The van der Waals surface area contributed by atoms with Crippen LogP contribution in [-0.2, 0) is 4.79 Å². The lowest BCUT2D eigenvalue weighted by atomic mass is 10.3. The molecule has 0 aliphatic heterocycles.